The average molecular weight is 345 g/mol. The van der Waals surface area contributed by atoms with Crippen molar-refractivity contribution in [3.8, 4) is 5.06 Å². The van der Waals surface area contributed by atoms with E-state index in [1.807, 2.05) is 0 Å². The van der Waals surface area contributed by atoms with Gasteiger partial charge in [0.1, 0.15) is 18.1 Å². The van der Waals surface area contributed by atoms with E-state index in [2.05, 4.69) is 28.4 Å². The van der Waals surface area contributed by atoms with E-state index in [1.165, 1.54) is 18.3 Å². The third-order valence-corrected chi connectivity index (χ3v) is 3.88. The number of thiazole rings is 1. The number of halogens is 1. The topological polar surface area (TPSA) is 64.1 Å². The lowest BCUT2D eigenvalue weighted by atomic mass is 10.2. The smallest absolute Gasteiger partial charge is 0.276 e. The number of rotatable bonds is 7. The van der Waals surface area contributed by atoms with Crippen LogP contribution in [0.1, 0.15) is 16.2 Å². The summed E-state index contributed by atoms with van der Waals surface area (Å²) in [5, 5.41) is 3.53. The molecule has 0 fully saturated rings. The van der Waals surface area contributed by atoms with Crippen LogP contribution in [0.15, 0.2) is 61.1 Å². The molecule has 0 saturated heterocycles. The van der Waals surface area contributed by atoms with Crippen LogP contribution in [0.4, 0.5) is 9.52 Å². The van der Waals surface area contributed by atoms with Gasteiger partial charge < -0.3 is 4.74 Å². The molecule has 2 rings (SSSR count). The fourth-order valence-electron chi connectivity index (χ4n) is 1.73. The summed E-state index contributed by atoms with van der Waals surface area (Å²) in [7, 11) is 0. The summed E-state index contributed by atoms with van der Waals surface area (Å²) in [4.78, 5) is 20.2. The van der Waals surface area contributed by atoms with Gasteiger partial charge in [-0.3, -0.25) is 15.1 Å². The van der Waals surface area contributed by atoms with E-state index >= 15 is 0 Å². The third kappa shape index (κ3) is 4.60. The van der Waals surface area contributed by atoms with Crippen molar-refractivity contribution in [2.24, 2.45) is 0 Å². The average Bonchev–Trinajstić information content (AvgIpc) is 2.91. The Kier molecular flexibility index (Phi) is 5.97. The predicted octanol–water partition coefficient (Wildman–Crippen LogP) is 4.07. The maximum atomic E-state index is 13.3. The summed E-state index contributed by atoms with van der Waals surface area (Å²) >= 11 is 1.16. The predicted molar refractivity (Wildman–Crippen MR) is 93.1 cm³/mol. The van der Waals surface area contributed by atoms with E-state index in [4.69, 9.17) is 4.74 Å². The highest BCUT2D eigenvalue weighted by Crippen LogP contribution is 2.31. The number of hydrogen-bond acceptors (Lipinski definition) is 5. The van der Waals surface area contributed by atoms with Crippen LogP contribution < -0.4 is 10.1 Å². The number of aryl methyl sites for hydroxylation is 1. The van der Waals surface area contributed by atoms with E-state index in [0.717, 1.165) is 11.3 Å². The first kappa shape index (κ1) is 17.6. The summed E-state index contributed by atoms with van der Waals surface area (Å²) < 4.78 is 18.8. The molecular formula is C17H16FN3O2S. The molecule has 2 aromatic heterocycles. The second kappa shape index (κ2) is 8.16. The van der Waals surface area contributed by atoms with Gasteiger partial charge in [0.2, 0.25) is 0 Å². The SMILES string of the molecule is C=C/C=C(/COc1sc(NC(=O)c2ccccn2)nc1C)C(=C)F. The van der Waals surface area contributed by atoms with Crippen LogP contribution in [0.3, 0.4) is 0 Å². The molecule has 0 spiro atoms. The maximum absolute atomic E-state index is 13.3. The molecule has 0 atom stereocenters. The Morgan fingerprint density at radius 1 is 1.50 bits per heavy atom. The number of carbonyl (C=O) groups is 1. The molecule has 1 N–H and O–H groups in total. The van der Waals surface area contributed by atoms with Crippen LogP contribution in [0, 0.1) is 6.92 Å². The Morgan fingerprint density at radius 3 is 2.92 bits per heavy atom. The highest BCUT2D eigenvalue weighted by Gasteiger charge is 2.14. The Bertz CT molecular complexity index is 784. The largest absolute Gasteiger partial charge is 0.478 e. The van der Waals surface area contributed by atoms with Gasteiger partial charge in [0, 0.05) is 11.8 Å². The zero-order valence-electron chi connectivity index (χ0n) is 13.1. The lowest BCUT2D eigenvalue weighted by Crippen LogP contribution is -2.13. The van der Waals surface area contributed by atoms with Crippen LogP contribution >= 0.6 is 11.3 Å². The number of carbonyl (C=O) groups excluding carboxylic acids is 1. The van der Waals surface area contributed by atoms with Gasteiger partial charge in [-0.2, -0.15) is 0 Å². The normalized spacial score (nSPS) is 11.0. The highest BCUT2D eigenvalue weighted by molar-refractivity contribution is 7.17. The molecule has 0 aromatic carbocycles. The van der Waals surface area contributed by atoms with Gasteiger partial charge in [-0.15, -0.1) is 0 Å². The minimum absolute atomic E-state index is 0.00197. The Morgan fingerprint density at radius 2 is 2.29 bits per heavy atom. The molecule has 1 amide bonds. The highest BCUT2D eigenvalue weighted by atomic mass is 32.1. The number of pyridine rings is 1. The Hall–Kier alpha value is -2.80. The monoisotopic (exact) mass is 345 g/mol. The van der Waals surface area contributed by atoms with Gasteiger partial charge in [-0.05, 0) is 19.1 Å². The zero-order chi connectivity index (χ0) is 17.5. The minimum Gasteiger partial charge on any atom is -0.478 e. The van der Waals surface area contributed by atoms with Crippen molar-refractivity contribution in [2.45, 2.75) is 6.92 Å². The van der Waals surface area contributed by atoms with Crippen molar-refractivity contribution in [3.63, 3.8) is 0 Å². The Labute approximate surface area is 143 Å². The standard InChI is InChI=1S/C17H16FN3O2S/c1-4-7-13(11(2)18)10-23-16-12(3)20-17(24-16)21-15(22)14-8-5-6-9-19-14/h4-9H,1-2,10H2,3H3,(H,20,21,22)/b13-7-. The zero-order valence-corrected chi connectivity index (χ0v) is 13.9. The molecule has 0 radical (unpaired) electrons. The lowest BCUT2D eigenvalue weighted by Gasteiger charge is -2.05. The molecule has 2 aromatic rings. The second-order valence-corrected chi connectivity index (χ2v) is 5.64. The van der Waals surface area contributed by atoms with E-state index in [1.54, 1.807) is 25.1 Å². The number of hydrogen-bond donors (Lipinski definition) is 1. The first-order valence-electron chi connectivity index (χ1n) is 7.00. The van der Waals surface area contributed by atoms with E-state index < -0.39 is 5.83 Å². The molecule has 2 heterocycles. The molecular weight excluding hydrogens is 329 g/mol. The van der Waals surface area contributed by atoms with Gasteiger partial charge in [0.25, 0.3) is 5.91 Å². The van der Waals surface area contributed by atoms with Crippen molar-refractivity contribution in [1.82, 2.24) is 9.97 Å². The van der Waals surface area contributed by atoms with Crippen LogP contribution in [0.25, 0.3) is 0 Å². The molecule has 124 valence electrons. The molecule has 24 heavy (non-hydrogen) atoms. The van der Waals surface area contributed by atoms with E-state index in [-0.39, 0.29) is 23.8 Å². The second-order valence-electron chi connectivity index (χ2n) is 4.68. The van der Waals surface area contributed by atoms with E-state index in [9.17, 15) is 9.18 Å². The van der Waals surface area contributed by atoms with Gasteiger partial charge in [-0.25, -0.2) is 9.37 Å². The fraction of sp³-hybridized carbons (Fsp3) is 0.118. The van der Waals surface area contributed by atoms with Crippen molar-refractivity contribution in [1.29, 1.82) is 0 Å². The molecule has 5 nitrogen and oxygen atoms in total. The molecule has 0 aliphatic heterocycles. The number of ether oxygens (including phenoxy) is 1. The van der Waals surface area contributed by atoms with E-state index in [0.29, 0.717) is 15.9 Å². The molecule has 0 unspecified atom stereocenters. The number of nitrogens with one attached hydrogen (secondary N) is 1. The number of anilines is 1. The molecule has 0 bridgehead atoms. The minimum atomic E-state index is -0.583. The van der Waals surface area contributed by atoms with Gasteiger partial charge in [0.15, 0.2) is 10.2 Å². The van der Waals surface area contributed by atoms with Crippen LogP contribution in [-0.2, 0) is 0 Å². The Balaban J connectivity index is 2.05. The third-order valence-electron chi connectivity index (χ3n) is 2.90. The van der Waals surface area contributed by atoms with Crippen molar-refractivity contribution in [2.75, 3.05) is 11.9 Å². The van der Waals surface area contributed by atoms with Crippen LogP contribution in [0.2, 0.25) is 0 Å². The number of allylic oxidation sites excluding steroid dienone is 2. The van der Waals surface area contributed by atoms with Gasteiger partial charge in [-0.1, -0.05) is 42.7 Å². The van der Waals surface area contributed by atoms with Crippen molar-refractivity contribution >= 4 is 22.4 Å². The maximum Gasteiger partial charge on any atom is 0.276 e. The van der Waals surface area contributed by atoms with Crippen LogP contribution in [0.5, 0.6) is 5.06 Å². The summed E-state index contributed by atoms with van der Waals surface area (Å²) in [5.74, 6) is -0.943. The number of amides is 1. The number of nitrogens with zero attached hydrogens (tertiary/aromatic N) is 2. The van der Waals surface area contributed by atoms with Crippen molar-refractivity contribution in [3.05, 3.63) is 72.5 Å². The van der Waals surface area contributed by atoms with Gasteiger partial charge in [0.05, 0.1) is 5.69 Å². The van der Waals surface area contributed by atoms with Gasteiger partial charge >= 0.3 is 0 Å². The molecule has 0 aliphatic rings. The summed E-state index contributed by atoms with van der Waals surface area (Å²) in [6.45, 7) is 8.50. The summed E-state index contributed by atoms with van der Waals surface area (Å²) in [6.07, 6.45) is 4.48. The number of aromatic nitrogens is 2. The van der Waals surface area contributed by atoms with Crippen molar-refractivity contribution < 1.29 is 13.9 Å². The lowest BCUT2D eigenvalue weighted by molar-refractivity contribution is 0.102. The van der Waals surface area contributed by atoms with Crippen LogP contribution in [-0.4, -0.2) is 22.5 Å². The fourth-order valence-corrected chi connectivity index (χ4v) is 2.54. The molecule has 0 saturated carbocycles. The quantitative estimate of drug-likeness (QED) is 0.768. The first-order valence-corrected chi connectivity index (χ1v) is 7.82. The first-order chi connectivity index (χ1) is 11.5. The molecule has 7 heteroatoms. The summed E-state index contributed by atoms with van der Waals surface area (Å²) in [5.41, 5.74) is 1.17. The summed E-state index contributed by atoms with van der Waals surface area (Å²) in [6, 6.07) is 5.05. The molecule has 0 aliphatic carbocycles.